The van der Waals surface area contributed by atoms with Gasteiger partial charge in [-0.15, -0.1) is 11.8 Å². The van der Waals surface area contributed by atoms with Crippen molar-refractivity contribution < 1.29 is 27.7 Å². The molecule has 0 spiro atoms. The zero-order valence-electron chi connectivity index (χ0n) is 17.1. The summed E-state index contributed by atoms with van der Waals surface area (Å²) < 4.78 is 39.5. The van der Waals surface area contributed by atoms with Crippen molar-refractivity contribution in [3.05, 3.63) is 93.0 Å². The summed E-state index contributed by atoms with van der Waals surface area (Å²) in [5, 5.41) is 15.5. The summed E-state index contributed by atoms with van der Waals surface area (Å²) in [6.07, 6.45) is -4.68. The van der Waals surface area contributed by atoms with Crippen LogP contribution in [0.3, 0.4) is 0 Å². The first-order valence-electron chi connectivity index (χ1n) is 9.48. The van der Waals surface area contributed by atoms with Gasteiger partial charge in [-0.05, 0) is 48.5 Å². The molecule has 0 heterocycles. The lowest BCUT2D eigenvalue weighted by Gasteiger charge is -2.14. The molecule has 0 radical (unpaired) electrons. The average Bonchev–Trinajstić information content (AvgIpc) is 2.78. The van der Waals surface area contributed by atoms with Crippen molar-refractivity contribution in [2.75, 3.05) is 16.4 Å². The quantitative estimate of drug-likeness (QED) is 0.223. The predicted octanol–water partition coefficient (Wildman–Crippen LogP) is 6.25. The third kappa shape index (κ3) is 6.72. The Morgan fingerprint density at radius 2 is 1.71 bits per heavy atom. The molecule has 0 saturated carbocycles. The Morgan fingerprint density at radius 3 is 2.35 bits per heavy atom. The van der Waals surface area contributed by atoms with E-state index in [2.05, 4.69) is 10.6 Å². The van der Waals surface area contributed by atoms with Gasteiger partial charge in [-0.2, -0.15) is 13.2 Å². The monoisotopic (exact) mass is 509 g/mol. The minimum absolute atomic E-state index is 0.104. The SMILES string of the molecule is O=C(CSc1cccc(NC(=O)c2ccc([N+](=O)[O-])cc2)c1)Nc1ccc(Cl)cc1C(F)(F)F. The zero-order valence-corrected chi connectivity index (χ0v) is 18.6. The maximum atomic E-state index is 13.2. The van der Waals surface area contributed by atoms with Gasteiger partial charge in [0.2, 0.25) is 5.91 Å². The van der Waals surface area contributed by atoms with E-state index in [1.54, 1.807) is 24.3 Å². The molecule has 0 aromatic heterocycles. The van der Waals surface area contributed by atoms with E-state index >= 15 is 0 Å². The van der Waals surface area contributed by atoms with E-state index in [0.717, 1.165) is 23.9 Å². The van der Waals surface area contributed by atoms with Gasteiger partial charge in [-0.3, -0.25) is 19.7 Å². The second-order valence-electron chi connectivity index (χ2n) is 6.81. The lowest BCUT2D eigenvalue weighted by atomic mass is 10.1. The molecule has 0 bridgehead atoms. The Morgan fingerprint density at radius 1 is 1.00 bits per heavy atom. The molecule has 0 aliphatic rings. The molecule has 3 aromatic rings. The number of halogens is 4. The molecule has 0 aliphatic heterocycles. The highest BCUT2D eigenvalue weighted by atomic mass is 35.5. The van der Waals surface area contributed by atoms with Gasteiger partial charge < -0.3 is 10.6 Å². The number of nitrogens with zero attached hydrogens (tertiary/aromatic N) is 1. The number of non-ortho nitro benzene ring substituents is 1. The highest BCUT2D eigenvalue weighted by molar-refractivity contribution is 8.00. The number of carbonyl (C=O) groups excluding carboxylic acids is 2. The zero-order chi connectivity index (χ0) is 24.9. The number of amides is 2. The summed E-state index contributed by atoms with van der Waals surface area (Å²) in [6.45, 7) is 0. The van der Waals surface area contributed by atoms with Crippen LogP contribution in [0.15, 0.2) is 71.6 Å². The second-order valence-corrected chi connectivity index (χ2v) is 8.30. The highest BCUT2D eigenvalue weighted by Gasteiger charge is 2.34. The van der Waals surface area contributed by atoms with Crippen LogP contribution in [0.1, 0.15) is 15.9 Å². The summed E-state index contributed by atoms with van der Waals surface area (Å²) in [7, 11) is 0. The van der Waals surface area contributed by atoms with Gasteiger partial charge in [0.25, 0.3) is 11.6 Å². The maximum Gasteiger partial charge on any atom is 0.418 e. The van der Waals surface area contributed by atoms with Crippen molar-refractivity contribution in [3.8, 4) is 0 Å². The van der Waals surface area contributed by atoms with Crippen molar-refractivity contribution in [3.63, 3.8) is 0 Å². The van der Waals surface area contributed by atoms with Crippen LogP contribution in [0.25, 0.3) is 0 Å². The summed E-state index contributed by atoms with van der Waals surface area (Å²) in [5.74, 6) is -1.32. The highest BCUT2D eigenvalue weighted by Crippen LogP contribution is 2.36. The van der Waals surface area contributed by atoms with Crippen LogP contribution < -0.4 is 10.6 Å². The molecule has 2 amide bonds. The van der Waals surface area contributed by atoms with E-state index in [-0.39, 0.29) is 22.0 Å². The van der Waals surface area contributed by atoms with E-state index < -0.39 is 34.2 Å². The number of nitro groups is 1. The standard InChI is InChI=1S/C22H15ClF3N3O4S/c23-14-6-9-19(18(10-14)22(24,25)26)28-20(30)12-34-17-3-1-2-15(11-17)27-21(31)13-4-7-16(8-5-13)29(32)33/h1-11H,12H2,(H,27,31)(H,28,30). The first-order valence-corrected chi connectivity index (χ1v) is 10.8. The summed E-state index contributed by atoms with van der Waals surface area (Å²) in [6, 6.07) is 14.6. The average molecular weight is 510 g/mol. The molecular weight excluding hydrogens is 495 g/mol. The fourth-order valence-electron chi connectivity index (χ4n) is 2.80. The van der Waals surface area contributed by atoms with Gasteiger partial charge in [0.05, 0.1) is 21.9 Å². The number of benzene rings is 3. The molecule has 0 atom stereocenters. The fraction of sp³-hybridized carbons (Fsp3) is 0.0909. The normalized spacial score (nSPS) is 11.1. The Balaban J connectivity index is 1.61. The summed E-state index contributed by atoms with van der Waals surface area (Å²) in [5.41, 5.74) is -0.965. The van der Waals surface area contributed by atoms with Crippen molar-refractivity contribution in [2.24, 2.45) is 0 Å². The minimum atomic E-state index is -4.68. The van der Waals surface area contributed by atoms with Crippen LogP contribution in [0.2, 0.25) is 5.02 Å². The van der Waals surface area contributed by atoms with Gasteiger partial charge in [0.1, 0.15) is 0 Å². The van der Waals surface area contributed by atoms with E-state index in [1.807, 2.05) is 0 Å². The van der Waals surface area contributed by atoms with Crippen LogP contribution in [0.5, 0.6) is 0 Å². The van der Waals surface area contributed by atoms with Crippen molar-refractivity contribution in [2.45, 2.75) is 11.1 Å². The third-order valence-electron chi connectivity index (χ3n) is 4.36. The molecule has 3 rings (SSSR count). The van der Waals surface area contributed by atoms with Gasteiger partial charge in [0.15, 0.2) is 0 Å². The van der Waals surface area contributed by atoms with Crippen molar-refractivity contribution >= 4 is 52.2 Å². The third-order valence-corrected chi connectivity index (χ3v) is 5.59. The number of nitrogens with one attached hydrogen (secondary N) is 2. The first-order chi connectivity index (χ1) is 16.0. The minimum Gasteiger partial charge on any atom is -0.325 e. The molecule has 0 aliphatic carbocycles. The van der Waals surface area contributed by atoms with Gasteiger partial charge in [0, 0.05) is 33.3 Å². The molecular formula is C22H15ClF3N3O4S. The smallest absolute Gasteiger partial charge is 0.325 e. The molecule has 7 nitrogen and oxygen atoms in total. The summed E-state index contributed by atoms with van der Waals surface area (Å²) >= 11 is 6.70. The second kappa shape index (κ2) is 10.6. The largest absolute Gasteiger partial charge is 0.418 e. The molecule has 3 aromatic carbocycles. The lowest BCUT2D eigenvalue weighted by molar-refractivity contribution is -0.384. The lowest BCUT2D eigenvalue weighted by Crippen LogP contribution is -2.18. The molecule has 12 heteroatoms. The number of carbonyl (C=O) groups is 2. The Labute approximate surface area is 200 Å². The Kier molecular flexibility index (Phi) is 7.79. The van der Waals surface area contributed by atoms with E-state index in [1.165, 1.54) is 30.3 Å². The van der Waals surface area contributed by atoms with Crippen molar-refractivity contribution in [1.82, 2.24) is 0 Å². The number of alkyl halides is 3. The number of hydrogen-bond donors (Lipinski definition) is 2. The molecule has 2 N–H and O–H groups in total. The Bertz CT molecular complexity index is 1240. The van der Waals surface area contributed by atoms with E-state index in [0.29, 0.717) is 10.6 Å². The molecule has 0 saturated heterocycles. The van der Waals surface area contributed by atoms with Gasteiger partial charge in [-0.1, -0.05) is 17.7 Å². The number of anilines is 2. The van der Waals surface area contributed by atoms with Crippen molar-refractivity contribution in [1.29, 1.82) is 0 Å². The van der Waals surface area contributed by atoms with Crippen LogP contribution in [-0.4, -0.2) is 22.5 Å². The van der Waals surface area contributed by atoms with Crippen LogP contribution >= 0.6 is 23.4 Å². The molecule has 176 valence electrons. The summed E-state index contributed by atoms with van der Waals surface area (Å²) in [4.78, 5) is 35.3. The van der Waals surface area contributed by atoms with Crippen LogP contribution in [0.4, 0.5) is 30.2 Å². The predicted molar refractivity (Wildman–Crippen MR) is 123 cm³/mol. The molecule has 34 heavy (non-hydrogen) atoms. The van der Waals surface area contributed by atoms with Gasteiger partial charge >= 0.3 is 6.18 Å². The number of thioether (sulfide) groups is 1. The maximum absolute atomic E-state index is 13.2. The molecule has 0 fully saturated rings. The van der Waals surface area contributed by atoms with Crippen LogP contribution in [-0.2, 0) is 11.0 Å². The van der Waals surface area contributed by atoms with Gasteiger partial charge in [-0.25, -0.2) is 0 Å². The van der Waals surface area contributed by atoms with E-state index in [4.69, 9.17) is 11.6 Å². The number of rotatable bonds is 7. The van der Waals surface area contributed by atoms with E-state index in [9.17, 15) is 32.9 Å². The molecule has 0 unspecified atom stereocenters. The first kappa shape index (κ1) is 25.1. The number of nitro benzene ring substituents is 1. The topological polar surface area (TPSA) is 101 Å². The fourth-order valence-corrected chi connectivity index (χ4v) is 3.72. The number of hydrogen-bond acceptors (Lipinski definition) is 5. The van der Waals surface area contributed by atoms with Crippen LogP contribution in [0, 0.1) is 10.1 Å². The Hall–Kier alpha value is -3.57.